The maximum absolute atomic E-state index is 12.9. The molecule has 0 bridgehead atoms. The fourth-order valence-electron chi connectivity index (χ4n) is 3.11. The third-order valence-electron chi connectivity index (χ3n) is 4.42. The van der Waals surface area contributed by atoms with E-state index in [-0.39, 0.29) is 29.7 Å². The van der Waals surface area contributed by atoms with Crippen LogP contribution in [-0.4, -0.2) is 32.7 Å². The number of carbonyl (C=O) groups is 1. The second-order valence-electron chi connectivity index (χ2n) is 7.91. The van der Waals surface area contributed by atoms with Crippen molar-refractivity contribution in [1.29, 1.82) is 0 Å². The Kier molecular flexibility index (Phi) is 5.29. The first kappa shape index (κ1) is 20.1. The summed E-state index contributed by atoms with van der Waals surface area (Å²) in [5, 5.41) is 6.10. The van der Waals surface area contributed by atoms with Gasteiger partial charge in [0.1, 0.15) is 30.1 Å². The fraction of sp³-hybridized carbons (Fsp3) is 0.333. The normalized spacial score (nSPS) is 15.6. The van der Waals surface area contributed by atoms with Crippen molar-refractivity contribution in [2.24, 2.45) is 0 Å². The quantitative estimate of drug-likeness (QED) is 0.640. The van der Waals surface area contributed by atoms with Crippen LogP contribution in [0, 0.1) is 0 Å². The van der Waals surface area contributed by atoms with Crippen molar-refractivity contribution in [2.45, 2.75) is 39.0 Å². The van der Waals surface area contributed by atoms with E-state index in [9.17, 15) is 9.59 Å². The molecule has 2 aromatic heterocycles. The highest BCUT2D eigenvalue weighted by Gasteiger charge is 2.26. The van der Waals surface area contributed by atoms with E-state index in [4.69, 9.17) is 9.47 Å². The number of nitrogens with zero attached hydrogens (tertiary/aromatic N) is 3. The molecule has 30 heavy (non-hydrogen) atoms. The molecular weight excluding hydrogens is 404 g/mol. The van der Waals surface area contributed by atoms with Gasteiger partial charge in [0.05, 0.1) is 6.04 Å². The van der Waals surface area contributed by atoms with E-state index < -0.39 is 11.6 Å². The Balaban J connectivity index is 1.53. The van der Waals surface area contributed by atoms with E-state index >= 15 is 0 Å². The molecule has 3 aromatic rings. The molecule has 9 heteroatoms. The predicted molar refractivity (Wildman–Crippen MR) is 114 cm³/mol. The SMILES string of the molecule is CC(C)(C)OC(=O)Cn1cnc2c(c1=O)N[C@H](c1ccc(-c3nccs3)cc1)CO2. The topological polar surface area (TPSA) is 95.3 Å². The molecule has 0 amide bonds. The van der Waals surface area contributed by atoms with Crippen molar-refractivity contribution in [2.75, 3.05) is 11.9 Å². The molecule has 1 N–H and O–H groups in total. The molecule has 0 aliphatic carbocycles. The number of carbonyl (C=O) groups excluding carboxylic acids is 1. The van der Waals surface area contributed by atoms with Gasteiger partial charge >= 0.3 is 5.97 Å². The molecule has 4 rings (SSSR count). The zero-order valence-corrected chi connectivity index (χ0v) is 17.7. The number of benzene rings is 1. The van der Waals surface area contributed by atoms with Crippen LogP contribution in [-0.2, 0) is 16.1 Å². The van der Waals surface area contributed by atoms with Crippen LogP contribution in [0.25, 0.3) is 10.6 Å². The molecule has 0 unspecified atom stereocenters. The lowest BCUT2D eigenvalue weighted by atomic mass is 10.0. The zero-order chi connectivity index (χ0) is 21.3. The number of nitrogens with one attached hydrogen (secondary N) is 1. The van der Waals surface area contributed by atoms with Gasteiger partial charge in [0.15, 0.2) is 5.69 Å². The average molecular weight is 426 g/mol. The summed E-state index contributed by atoms with van der Waals surface area (Å²) < 4.78 is 12.2. The monoisotopic (exact) mass is 426 g/mol. The first-order chi connectivity index (χ1) is 14.3. The van der Waals surface area contributed by atoms with E-state index in [0.29, 0.717) is 6.61 Å². The van der Waals surface area contributed by atoms with E-state index in [1.54, 1.807) is 38.3 Å². The van der Waals surface area contributed by atoms with E-state index in [1.165, 1.54) is 10.9 Å². The van der Waals surface area contributed by atoms with E-state index in [0.717, 1.165) is 16.1 Å². The lowest BCUT2D eigenvalue weighted by Gasteiger charge is -2.27. The van der Waals surface area contributed by atoms with E-state index in [2.05, 4.69) is 15.3 Å². The minimum absolute atomic E-state index is 0.213. The van der Waals surface area contributed by atoms with Crippen LogP contribution in [0.5, 0.6) is 5.88 Å². The van der Waals surface area contributed by atoms with Crippen molar-refractivity contribution >= 4 is 23.0 Å². The Bertz CT molecular complexity index is 1100. The highest BCUT2D eigenvalue weighted by molar-refractivity contribution is 7.13. The molecule has 0 saturated carbocycles. The molecule has 1 aromatic carbocycles. The summed E-state index contributed by atoms with van der Waals surface area (Å²) >= 11 is 1.58. The lowest BCUT2D eigenvalue weighted by molar-refractivity contribution is -0.155. The van der Waals surface area contributed by atoms with Gasteiger partial charge in [-0.2, -0.15) is 0 Å². The number of anilines is 1. The summed E-state index contributed by atoms with van der Waals surface area (Å²) in [7, 11) is 0. The van der Waals surface area contributed by atoms with Crippen LogP contribution in [0.1, 0.15) is 32.4 Å². The fourth-order valence-corrected chi connectivity index (χ4v) is 3.76. The lowest BCUT2D eigenvalue weighted by Crippen LogP contribution is -2.35. The molecule has 3 heterocycles. The van der Waals surface area contributed by atoms with Crippen molar-refractivity contribution in [3.8, 4) is 16.5 Å². The van der Waals surface area contributed by atoms with Gasteiger partial charge in [0.25, 0.3) is 5.56 Å². The van der Waals surface area contributed by atoms with Gasteiger partial charge in [0.2, 0.25) is 5.88 Å². The summed E-state index contributed by atoms with van der Waals surface area (Å²) in [6.07, 6.45) is 3.08. The van der Waals surface area contributed by atoms with Crippen molar-refractivity contribution in [3.63, 3.8) is 0 Å². The first-order valence-electron chi connectivity index (χ1n) is 9.50. The Labute approximate surface area is 177 Å². The minimum atomic E-state index is -0.625. The Morgan fingerprint density at radius 2 is 2.07 bits per heavy atom. The molecule has 0 fully saturated rings. The average Bonchev–Trinajstić information content (AvgIpc) is 3.24. The Morgan fingerprint density at radius 3 is 2.73 bits per heavy atom. The van der Waals surface area contributed by atoms with Crippen LogP contribution in [0.3, 0.4) is 0 Å². The summed E-state index contributed by atoms with van der Waals surface area (Å²) in [4.78, 5) is 33.4. The number of rotatable bonds is 4. The minimum Gasteiger partial charge on any atom is -0.473 e. The Morgan fingerprint density at radius 1 is 1.30 bits per heavy atom. The summed E-state index contributed by atoms with van der Waals surface area (Å²) in [6, 6.07) is 7.75. The largest absolute Gasteiger partial charge is 0.473 e. The molecule has 0 saturated heterocycles. The van der Waals surface area contributed by atoms with Gasteiger partial charge in [-0.15, -0.1) is 11.3 Å². The van der Waals surface area contributed by atoms with Crippen LogP contribution >= 0.6 is 11.3 Å². The van der Waals surface area contributed by atoms with E-state index in [1.807, 2.05) is 29.6 Å². The number of fused-ring (bicyclic) bond motifs is 1. The maximum atomic E-state index is 12.9. The number of hydrogen-bond acceptors (Lipinski definition) is 8. The number of esters is 1. The molecule has 0 radical (unpaired) electrons. The van der Waals surface area contributed by atoms with Crippen molar-refractivity contribution in [3.05, 3.63) is 58.1 Å². The molecule has 156 valence electrons. The van der Waals surface area contributed by atoms with Crippen molar-refractivity contribution in [1.82, 2.24) is 14.5 Å². The third-order valence-corrected chi connectivity index (χ3v) is 5.24. The van der Waals surface area contributed by atoms with Gasteiger partial charge in [-0.1, -0.05) is 24.3 Å². The van der Waals surface area contributed by atoms with Crippen LogP contribution in [0.15, 0.2) is 47.0 Å². The summed E-state index contributed by atoms with van der Waals surface area (Å²) in [5.74, 6) is -0.270. The number of aromatic nitrogens is 3. The van der Waals surface area contributed by atoms with Crippen LogP contribution < -0.4 is 15.6 Å². The number of ether oxygens (including phenoxy) is 2. The number of hydrogen-bond donors (Lipinski definition) is 1. The number of thiazole rings is 1. The maximum Gasteiger partial charge on any atom is 0.326 e. The highest BCUT2D eigenvalue weighted by Crippen LogP contribution is 2.30. The summed E-state index contributed by atoms with van der Waals surface area (Å²) in [5.41, 5.74) is 1.24. The van der Waals surface area contributed by atoms with Gasteiger partial charge in [-0.3, -0.25) is 14.2 Å². The highest BCUT2D eigenvalue weighted by atomic mass is 32.1. The van der Waals surface area contributed by atoms with Crippen LogP contribution in [0.2, 0.25) is 0 Å². The molecule has 1 aliphatic rings. The molecule has 0 spiro atoms. The standard InChI is InChI=1S/C21H22N4O4S/c1-21(2,3)29-16(26)10-25-12-23-18-17(20(25)27)24-15(11-28-18)13-4-6-14(7-5-13)19-22-8-9-30-19/h4-9,12,15,24H,10-11H2,1-3H3/t15-/m0/s1. The molecule has 1 aliphatic heterocycles. The van der Waals surface area contributed by atoms with Gasteiger partial charge in [-0.05, 0) is 26.3 Å². The Hall–Kier alpha value is -3.20. The summed E-state index contributed by atoms with van der Waals surface area (Å²) in [6.45, 7) is 5.45. The molecular formula is C21H22N4O4S. The first-order valence-corrected chi connectivity index (χ1v) is 10.4. The second-order valence-corrected chi connectivity index (χ2v) is 8.81. The predicted octanol–water partition coefficient (Wildman–Crippen LogP) is 3.25. The zero-order valence-electron chi connectivity index (χ0n) is 16.9. The second kappa shape index (κ2) is 7.91. The molecule has 8 nitrogen and oxygen atoms in total. The molecule has 1 atom stereocenters. The van der Waals surface area contributed by atoms with Crippen LogP contribution in [0.4, 0.5) is 5.69 Å². The van der Waals surface area contributed by atoms with Gasteiger partial charge in [-0.25, -0.2) is 9.97 Å². The smallest absolute Gasteiger partial charge is 0.326 e. The van der Waals surface area contributed by atoms with Gasteiger partial charge in [0, 0.05) is 17.1 Å². The van der Waals surface area contributed by atoms with Crippen molar-refractivity contribution < 1.29 is 14.3 Å². The third kappa shape index (κ3) is 4.35. The van der Waals surface area contributed by atoms with Gasteiger partial charge < -0.3 is 14.8 Å².